The van der Waals surface area contributed by atoms with Gasteiger partial charge in [-0.25, -0.2) is 8.42 Å². The molecule has 0 atom stereocenters. The van der Waals surface area contributed by atoms with Crippen LogP contribution in [0.2, 0.25) is 0 Å². The maximum absolute atomic E-state index is 12.2. The second-order valence-electron chi connectivity index (χ2n) is 4.75. The zero-order chi connectivity index (χ0) is 13.5. The first kappa shape index (κ1) is 16.8. The van der Waals surface area contributed by atoms with Gasteiger partial charge in [0, 0.05) is 32.3 Å². The van der Waals surface area contributed by atoms with Crippen LogP contribution >= 0.6 is 0 Å². The van der Waals surface area contributed by atoms with Crippen LogP contribution in [0.5, 0.6) is 0 Å². The van der Waals surface area contributed by atoms with Crippen LogP contribution in [0.4, 0.5) is 0 Å². The van der Waals surface area contributed by atoms with Crippen molar-refractivity contribution in [3.05, 3.63) is 0 Å². The highest BCUT2D eigenvalue weighted by Gasteiger charge is 2.33. The van der Waals surface area contributed by atoms with Gasteiger partial charge in [0.25, 0.3) is 0 Å². The third-order valence-corrected chi connectivity index (χ3v) is 4.84. The third kappa shape index (κ3) is 5.33. The first-order chi connectivity index (χ1) is 7.81. The van der Waals surface area contributed by atoms with Crippen molar-refractivity contribution in [2.45, 2.75) is 39.2 Å². The van der Waals surface area contributed by atoms with E-state index in [9.17, 15) is 8.42 Å². The lowest BCUT2D eigenvalue weighted by atomic mass is 10.1. The summed E-state index contributed by atoms with van der Waals surface area (Å²) < 4.78 is 30.8. The molecule has 0 spiro atoms. The molecular formula is C11H26N2O3S. The summed E-state index contributed by atoms with van der Waals surface area (Å²) in [5.41, 5.74) is 5.13. The minimum Gasteiger partial charge on any atom is -0.385 e. The van der Waals surface area contributed by atoms with Crippen LogP contribution in [-0.4, -0.2) is 50.8 Å². The van der Waals surface area contributed by atoms with Crippen LogP contribution in [0, 0.1) is 0 Å². The molecule has 6 heteroatoms. The summed E-state index contributed by atoms with van der Waals surface area (Å²) in [6.07, 6.45) is 1.30. The third-order valence-electron chi connectivity index (χ3n) is 2.69. The van der Waals surface area contributed by atoms with Crippen LogP contribution in [-0.2, 0) is 14.8 Å². The zero-order valence-electron chi connectivity index (χ0n) is 11.4. The average Bonchev–Trinajstić information content (AvgIpc) is 2.25. The Balaban J connectivity index is 4.79. The smallest absolute Gasteiger partial charge is 0.214 e. The average molecular weight is 266 g/mol. The summed E-state index contributed by atoms with van der Waals surface area (Å²) in [5.74, 6) is 0.115. The fourth-order valence-corrected chi connectivity index (χ4v) is 3.61. The molecule has 0 heterocycles. The molecule has 17 heavy (non-hydrogen) atoms. The molecule has 0 aliphatic heterocycles. The summed E-state index contributed by atoms with van der Waals surface area (Å²) in [6.45, 7) is 6.97. The van der Waals surface area contributed by atoms with Crippen molar-refractivity contribution in [3.63, 3.8) is 0 Å². The molecule has 0 radical (unpaired) electrons. The van der Waals surface area contributed by atoms with Crippen LogP contribution in [0.25, 0.3) is 0 Å². The van der Waals surface area contributed by atoms with Crippen LogP contribution in [0.1, 0.15) is 33.6 Å². The van der Waals surface area contributed by atoms with Crippen molar-refractivity contribution < 1.29 is 13.2 Å². The fourth-order valence-electron chi connectivity index (χ4n) is 1.62. The number of methoxy groups -OCH3 is 1. The monoisotopic (exact) mass is 266 g/mol. The van der Waals surface area contributed by atoms with E-state index in [1.165, 1.54) is 4.31 Å². The van der Waals surface area contributed by atoms with Gasteiger partial charge in [-0.3, -0.25) is 0 Å². The Morgan fingerprint density at radius 3 is 2.35 bits per heavy atom. The Bertz CT molecular complexity index is 302. The van der Waals surface area contributed by atoms with Crippen molar-refractivity contribution in [2.24, 2.45) is 5.73 Å². The molecule has 0 amide bonds. The van der Waals surface area contributed by atoms with E-state index in [0.717, 1.165) is 6.42 Å². The molecule has 0 aliphatic carbocycles. The Labute approximate surface area is 105 Å². The lowest BCUT2D eigenvalue weighted by molar-refractivity contribution is 0.197. The Morgan fingerprint density at radius 1 is 1.35 bits per heavy atom. The van der Waals surface area contributed by atoms with Gasteiger partial charge in [0.1, 0.15) is 0 Å². The van der Waals surface area contributed by atoms with Crippen molar-refractivity contribution in [1.29, 1.82) is 0 Å². The van der Waals surface area contributed by atoms with E-state index in [2.05, 4.69) is 0 Å². The number of hydrogen-bond acceptors (Lipinski definition) is 4. The maximum atomic E-state index is 12.2. The van der Waals surface area contributed by atoms with Gasteiger partial charge in [0.15, 0.2) is 0 Å². The van der Waals surface area contributed by atoms with Gasteiger partial charge < -0.3 is 10.5 Å². The maximum Gasteiger partial charge on any atom is 0.214 e. The molecule has 0 aromatic rings. The lowest BCUT2D eigenvalue weighted by Crippen LogP contribution is -2.53. The SMILES string of the molecule is CCCN(C(C)(C)CN)S(=O)(=O)CCCOC. The molecule has 0 aromatic carbocycles. The summed E-state index contributed by atoms with van der Waals surface area (Å²) >= 11 is 0. The molecule has 0 fully saturated rings. The number of ether oxygens (including phenoxy) is 1. The Morgan fingerprint density at radius 2 is 1.94 bits per heavy atom. The van der Waals surface area contributed by atoms with E-state index in [-0.39, 0.29) is 5.75 Å². The molecule has 0 saturated carbocycles. The van der Waals surface area contributed by atoms with E-state index >= 15 is 0 Å². The Kier molecular flexibility index (Phi) is 7.23. The first-order valence-corrected chi connectivity index (χ1v) is 7.62. The highest BCUT2D eigenvalue weighted by atomic mass is 32.2. The van der Waals surface area contributed by atoms with Gasteiger partial charge in [-0.1, -0.05) is 6.92 Å². The van der Waals surface area contributed by atoms with Crippen molar-refractivity contribution in [1.82, 2.24) is 4.31 Å². The second-order valence-corrected chi connectivity index (χ2v) is 6.76. The predicted octanol–water partition coefficient (Wildman–Crippen LogP) is 0.802. The van der Waals surface area contributed by atoms with Crippen molar-refractivity contribution in [2.75, 3.05) is 32.6 Å². The van der Waals surface area contributed by atoms with Gasteiger partial charge in [0.05, 0.1) is 5.75 Å². The van der Waals surface area contributed by atoms with E-state index in [4.69, 9.17) is 10.5 Å². The van der Waals surface area contributed by atoms with E-state index < -0.39 is 15.6 Å². The Hall–Kier alpha value is -0.170. The van der Waals surface area contributed by atoms with Crippen LogP contribution < -0.4 is 5.73 Å². The molecule has 104 valence electrons. The molecule has 0 aliphatic rings. The van der Waals surface area contributed by atoms with Crippen LogP contribution in [0.15, 0.2) is 0 Å². The largest absolute Gasteiger partial charge is 0.385 e. The number of hydrogen-bond donors (Lipinski definition) is 1. The summed E-state index contributed by atoms with van der Waals surface area (Å²) in [5, 5.41) is 0. The molecule has 0 saturated heterocycles. The summed E-state index contributed by atoms with van der Waals surface area (Å²) in [4.78, 5) is 0. The first-order valence-electron chi connectivity index (χ1n) is 6.01. The lowest BCUT2D eigenvalue weighted by Gasteiger charge is -2.36. The summed E-state index contributed by atoms with van der Waals surface area (Å²) in [7, 11) is -1.68. The highest BCUT2D eigenvalue weighted by Crippen LogP contribution is 2.19. The molecule has 0 unspecified atom stereocenters. The predicted molar refractivity (Wildman–Crippen MR) is 70.4 cm³/mol. The van der Waals surface area contributed by atoms with Crippen molar-refractivity contribution >= 4 is 10.0 Å². The summed E-state index contributed by atoms with van der Waals surface area (Å²) in [6, 6.07) is 0. The number of rotatable bonds is 9. The quantitative estimate of drug-likeness (QED) is 0.627. The van der Waals surface area contributed by atoms with Gasteiger partial charge in [-0.2, -0.15) is 4.31 Å². The standard InChI is InChI=1S/C11H26N2O3S/c1-5-7-13(11(2,3)10-12)17(14,15)9-6-8-16-4/h5-10,12H2,1-4H3. The molecule has 0 rings (SSSR count). The second kappa shape index (κ2) is 7.31. The molecule has 0 aromatic heterocycles. The van der Waals surface area contributed by atoms with E-state index in [1.54, 1.807) is 7.11 Å². The minimum absolute atomic E-state index is 0.115. The van der Waals surface area contributed by atoms with Crippen molar-refractivity contribution in [3.8, 4) is 0 Å². The fraction of sp³-hybridized carbons (Fsp3) is 1.00. The minimum atomic E-state index is -3.25. The van der Waals surface area contributed by atoms with Gasteiger partial charge in [-0.05, 0) is 26.7 Å². The number of nitrogens with two attached hydrogens (primary N) is 1. The topological polar surface area (TPSA) is 72.6 Å². The molecule has 0 bridgehead atoms. The number of nitrogens with zero attached hydrogens (tertiary/aromatic N) is 1. The normalized spacial score (nSPS) is 13.3. The molecular weight excluding hydrogens is 240 g/mol. The molecule has 2 N–H and O–H groups in total. The van der Waals surface area contributed by atoms with Gasteiger partial charge in [0.2, 0.25) is 10.0 Å². The molecule has 5 nitrogen and oxygen atoms in total. The van der Waals surface area contributed by atoms with E-state index in [0.29, 0.717) is 26.1 Å². The van der Waals surface area contributed by atoms with Gasteiger partial charge >= 0.3 is 0 Å². The van der Waals surface area contributed by atoms with E-state index in [1.807, 2.05) is 20.8 Å². The van der Waals surface area contributed by atoms with Crippen LogP contribution in [0.3, 0.4) is 0 Å². The number of sulfonamides is 1. The zero-order valence-corrected chi connectivity index (χ0v) is 12.2. The highest BCUT2D eigenvalue weighted by molar-refractivity contribution is 7.89. The van der Waals surface area contributed by atoms with Gasteiger partial charge in [-0.15, -0.1) is 0 Å².